The molecular weight excluding hydrogens is 190 g/mol. The molecular formula is C11H15N3O. The molecule has 0 amide bonds. The molecule has 4 nitrogen and oxygen atoms in total. The largest absolute Gasteiger partial charge is 0.296 e. The van der Waals surface area contributed by atoms with Crippen LogP contribution >= 0.6 is 0 Å². The van der Waals surface area contributed by atoms with Crippen molar-refractivity contribution in [3.8, 4) is 0 Å². The average Bonchev–Trinajstić information content (AvgIpc) is 2.74. The van der Waals surface area contributed by atoms with Gasteiger partial charge in [0.1, 0.15) is 5.69 Å². The van der Waals surface area contributed by atoms with Gasteiger partial charge in [-0.05, 0) is 25.2 Å². The zero-order chi connectivity index (χ0) is 10.4. The maximum Gasteiger partial charge on any atom is 0.172 e. The number of nitrogens with zero attached hydrogens (tertiary/aromatic N) is 3. The molecule has 0 saturated heterocycles. The second kappa shape index (κ2) is 3.15. The molecule has 2 aliphatic carbocycles. The zero-order valence-electron chi connectivity index (χ0n) is 8.89. The zero-order valence-corrected chi connectivity index (χ0v) is 8.89. The molecule has 80 valence electrons. The number of aromatic nitrogens is 3. The third-order valence-corrected chi connectivity index (χ3v) is 3.74. The van der Waals surface area contributed by atoms with Crippen LogP contribution < -0.4 is 0 Å². The highest BCUT2D eigenvalue weighted by molar-refractivity contribution is 5.73. The third-order valence-electron chi connectivity index (χ3n) is 3.74. The van der Waals surface area contributed by atoms with Crippen molar-refractivity contribution in [3.05, 3.63) is 11.4 Å². The predicted octanol–water partition coefficient (Wildman–Crippen LogP) is 1.94. The summed E-state index contributed by atoms with van der Waals surface area (Å²) < 4.78 is 2.01. The first-order valence-electron chi connectivity index (χ1n) is 5.71. The van der Waals surface area contributed by atoms with E-state index in [1.807, 2.05) is 4.68 Å². The van der Waals surface area contributed by atoms with Crippen LogP contribution in [0.1, 0.15) is 60.7 Å². The first kappa shape index (κ1) is 9.07. The summed E-state index contributed by atoms with van der Waals surface area (Å²) >= 11 is 0. The molecule has 2 fully saturated rings. The molecule has 4 heteroatoms. The van der Waals surface area contributed by atoms with E-state index < -0.39 is 0 Å². The molecule has 0 spiro atoms. The Bertz CT molecular complexity index is 395. The molecule has 1 heterocycles. The van der Waals surface area contributed by atoms with Crippen LogP contribution in [-0.4, -0.2) is 21.3 Å². The minimum absolute atomic E-state index is 0.502. The van der Waals surface area contributed by atoms with Crippen molar-refractivity contribution in [2.45, 2.75) is 44.6 Å². The summed E-state index contributed by atoms with van der Waals surface area (Å²) in [6, 6.07) is 0.502. The monoisotopic (exact) mass is 205 g/mol. The Labute approximate surface area is 88.7 Å². The molecule has 0 aromatic carbocycles. The van der Waals surface area contributed by atoms with Crippen LogP contribution in [-0.2, 0) is 0 Å². The molecule has 2 aliphatic rings. The summed E-state index contributed by atoms with van der Waals surface area (Å²) in [4.78, 5) is 10.9. The van der Waals surface area contributed by atoms with E-state index in [0.717, 1.165) is 12.0 Å². The van der Waals surface area contributed by atoms with Gasteiger partial charge in [-0.25, -0.2) is 4.68 Å². The van der Waals surface area contributed by atoms with Crippen molar-refractivity contribution in [1.29, 1.82) is 0 Å². The summed E-state index contributed by atoms with van der Waals surface area (Å²) in [6.45, 7) is 2.22. The summed E-state index contributed by atoms with van der Waals surface area (Å²) in [5.74, 6) is 1.23. The van der Waals surface area contributed by atoms with Gasteiger partial charge in [-0.3, -0.25) is 4.79 Å². The second-order valence-corrected chi connectivity index (χ2v) is 4.83. The summed E-state index contributed by atoms with van der Waals surface area (Å²) in [7, 11) is 0. The van der Waals surface area contributed by atoms with Crippen LogP contribution in [0.4, 0.5) is 0 Å². The van der Waals surface area contributed by atoms with Gasteiger partial charge in [-0.2, -0.15) is 0 Å². The molecule has 0 N–H and O–H groups in total. The average molecular weight is 205 g/mol. The van der Waals surface area contributed by atoms with Crippen molar-refractivity contribution in [3.63, 3.8) is 0 Å². The first-order valence-corrected chi connectivity index (χ1v) is 5.71. The van der Waals surface area contributed by atoms with E-state index in [9.17, 15) is 4.79 Å². The van der Waals surface area contributed by atoms with E-state index in [0.29, 0.717) is 23.6 Å². The Balaban J connectivity index is 1.98. The second-order valence-electron chi connectivity index (χ2n) is 4.83. The molecule has 1 aromatic rings. The Morgan fingerprint density at radius 1 is 1.47 bits per heavy atom. The number of hydrogen-bond donors (Lipinski definition) is 0. The normalized spacial score (nSPS) is 29.9. The predicted molar refractivity (Wildman–Crippen MR) is 54.8 cm³/mol. The number of aldehydes is 1. The lowest BCUT2D eigenvalue weighted by molar-refractivity contribution is 0.111. The summed E-state index contributed by atoms with van der Waals surface area (Å²) in [6.07, 6.45) is 5.69. The van der Waals surface area contributed by atoms with E-state index in [1.165, 1.54) is 25.7 Å². The number of hydrogen-bond acceptors (Lipinski definition) is 3. The van der Waals surface area contributed by atoms with Gasteiger partial charge in [0.05, 0.1) is 11.7 Å². The molecule has 2 unspecified atom stereocenters. The maximum absolute atomic E-state index is 10.9. The topological polar surface area (TPSA) is 47.8 Å². The molecule has 1 aromatic heterocycles. The Morgan fingerprint density at radius 3 is 2.67 bits per heavy atom. The van der Waals surface area contributed by atoms with Crippen LogP contribution in [0.2, 0.25) is 0 Å². The van der Waals surface area contributed by atoms with Crippen LogP contribution in [0.15, 0.2) is 0 Å². The van der Waals surface area contributed by atoms with Gasteiger partial charge in [0.2, 0.25) is 0 Å². The fourth-order valence-electron chi connectivity index (χ4n) is 2.36. The van der Waals surface area contributed by atoms with Crippen molar-refractivity contribution < 1.29 is 4.79 Å². The quantitative estimate of drug-likeness (QED) is 0.708. The molecule has 15 heavy (non-hydrogen) atoms. The number of carbonyl (C=O) groups is 1. The van der Waals surface area contributed by atoms with E-state index in [4.69, 9.17) is 0 Å². The van der Waals surface area contributed by atoms with E-state index in [1.54, 1.807) is 0 Å². The highest BCUT2D eigenvalue weighted by Gasteiger charge is 2.39. The first-order chi connectivity index (χ1) is 7.31. The van der Waals surface area contributed by atoms with E-state index in [-0.39, 0.29) is 0 Å². The lowest BCUT2D eigenvalue weighted by atomic mass is 9.82. The van der Waals surface area contributed by atoms with Crippen LogP contribution in [0.25, 0.3) is 0 Å². The maximum atomic E-state index is 10.9. The fraction of sp³-hybridized carbons (Fsp3) is 0.727. The van der Waals surface area contributed by atoms with Gasteiger partial charge in [0.25, 0.3) is 0 Å². The van der Waals surface area contributed by atoms with Crippen LogP contribution in [0.5, 0.6) is 0 Å². The van der Waals surface area contributed by atoms with Gasteiger partial charge >= 0.3 is 0 Å². The molecule has 0 aliphatic heterocycles. The number of rotatable bonds is 3. The molecule has 0 bridgehead atoms. The third kappa shape index (κ3) is 1.31. The number of carbonyl (C=O) groups excluding carboxylic acids is 1. The van der Waals surface area contributed by atoms with Gasteiger partial charge in [0.15, 0.2) is 6.29 Å². The smallest absolute Gasteiger partial charge is 0.172 e. The SMILES string of the molecule is CC1CC1n1nnc(C=O)c1C1CCC1. The lowest BCUT2D eigenvalue weighted by Gasteiger charge is -2.26. The molecule has 2 saturated carbocycles. The van der Waals surface area contributed by atoms with Crippen LogP contribution in [0.3, 0.4) is 0 Å². The lowest BCUT2D eigenvalue weighted by Crippen LogP contribution is -2.16. The van der Waals surface area contributed by atoms with Crippen molar-refractivity contribution in [2.24, 2.45) is 5.92 Å². The summed E-state index contributed by atoms with van der Waals surface area (Å²) in [5.41, 5.74) is 1.67. The Kier molecular flexibility index (Phi) is 1.90. The summed E-state index contributed by atoms with van der Waals surface area (Å²) in [5, 5.41) is 8.12. The van der Waals surface area contributed by atoms with Gasteiger partial charge < -0.3 is 0 Å². The Morgan fingerprint density at radius 2 is 2.20 bits per heavy atom. The fourth-order valence-corrected chi connectivity index (χ4v) is 2.36. The van der Waals surface area contributed by atoms with Crippen molar-refractivity contribution >= 4 is 6.29 Å². The minimum atomic E-state index is 0.502. The van der Waals surface area contributed by atoms with E-state index >= 15 is 0 Å². The minimum Gasteiger partial charge on any atom is -0.296 e. The van der Waals surface area contributed by atoms with Crippen LogP contribution in [0, 0.1) is 5.92 Å². The molecule has 0 radical (unpaired) electrons. The van der Waals surface area contributed by atoms with E-state index in [2.05, 4.69) is 17.2 Å². The highest BCUT2D eigenvalue weighted by Crippen LogP contribution is 2.46. The van der Waals surface area contributed by atoms with Gasteiger partial charge in [0, 0.05) is 5.92 Å². The molecule has 2 atom stereocenters. The molecule has 3 rings (SSSR count). The Hall–Kier alpha value is -1.19. The van der Waals surface area contributed by atoms with Crippen molar-refractivity contribution in [2.75, 3.05) is 0 Å². The van der Waals surface area contributed by atoms with Gasteiger partial charge in [-0.1, -0.05) is 18.6 Å². The standard InChI is InChI=1S/C11H15N3O/c1-7-5-10(7)14-11(8-3-2-4-8)9(6-15)12-13-14/h6-8,10H,2-5H2,1H3. The van der Waals surface area contributed by atoms with Crippen molar-refractivity contribution in [1.82, 2.24) is 15.0 Å². The highest BCUT2D eigenvalue weighted by atomic mass is 16.1. The van der Waals surface area contributed by atoms with Gasteiger partial charge in [-0.15, -0.1) is 5.10 Å².